The Morgan fingerprint density at radius 1 is 1.28 bits per heavy atom. The summed E-state index contributed by atoms with van der Waals surface area (Å²) < 4.78 is 18.6. The first-order valence-corrected chi connectivity index (χ1v) is 5.72. The molecule has 0 fully saturated rings. The molecule has 1 heterocycles. The topological polar surface area (TPSA) is 34.1 Å². The van der Waals surface area contributed by atoms with Crippen LogP contribution in [-0.4, -0.2) is 12.0 Å². The number of ether oxygens (including phenoxy) is 1. The molecule has 0 bridgehead atoms. The lowest BCUT2D eigenvalue weighted by molar-refractivity contribution is 0.460. The van der Waals surface area contributed by atoms with Crippen molar-refractivity contribution >= 4 is 0 Å². The van der Waals surface area contributed by atoms with Gasteiger partial charge in [-0.2, -0.15) is 0 Å². The maximum absolute atomic E-state index is 13.1. The molecule has 1 aromatic carbocycles. The highest BCUT2D eigenvalue weighted by atomic mass is 19.1. The van der Waals surface area contributed by atoms with Gasteiger partial charge < -0.3 is 10.1 Å². The molecule has 1 N–H and O–H groups in total. The smallest absolute Gasteiger partial charge is 0.219 e. The average molecular weight is 246 g/mol. The van der Waals surface area contributed by atoms with Crippen LogP contribution in [0.1, 0.15) is 11.1 Å². The van der Waals surface area contributed by atoms with Crippen LogP contribution in [0.3, 0.4) is 0 Å². The first-order chi connectivity index (χ1) is 8.69. The maximum atomic E-state index is 13.1. The third kappa shape index (κ3) is 3.05. The molecule has 4 heteroatoms. The molecule has 0 saturated heterocycles. The van der Waals surface area contributed by atoms with Gasteiger partial charge in [0.05, 0.1) is 0 Å². The molecule has 2 rings (SSSR count). The highest BCUT2D eigenvalue weighted by molar-refractivity contribution is 5.32. The predicted molar refractivity (Wildman–Crippen MR) is 68.2 cm³/mol. The van der Waals surface area contributed by atoms with E-state index >= 15 is 0 Å². The van der Waals surface area contributed by atoms with E-state index in [1.807, 2.05) is 13.1 Å². The molecular weight excluding hydrogens is 231 g/mol. The third-order valence-corrected chi connectivity index (χ3v) is 2.53. The SMILES string of the molecule is CNCc1ccc(Oc2ccc(F)c(C)c2)nc1. The Balaban J connectivity index is 2.10. The summed E-state index contributed by atoms with van der Waals surface area (Å²) in [7, 11) is 1.88. The second kappa shape index (κ2) is 5.60. The van der Waals surface area contributed by atoms with E-state index in [2.05, 4.69) is 10.3 Å². The Hall–Kier alpha value is -1.94. The van der Waals surface area contributed by atoms with E-state index in [0.29, 0.717) is 17.2 Å². The van der Waals surface area contributed by atoms with Crippen molar-refractivity contribution in [2.45, 2.75) is 13.5 Å². The molecule has 1 aromatic heterocycles. The van der Waals surface area contributed by atoms with E-state index in [9.17, 15) is 4.39 Å². The first-order valence-electron chi connectivity index (χ1n) is 5.72. The van der Waals surface area contributed by atoms with E-state index in [0.717, 1.165) is 12.1 Å². The third-order valence-electron chi connectivity index (χ3n) is 2.53. The summed E-state index contributed by atoms with van der Waals surface area (Å²) in [4.78, 5) is 4.19. The van der Waals surface area contributed by atoms with Crippen LogP contribution in [-0.2, 0) is 6.54 Å². The fourth-order valence-electron chi connectivity index (χ4n) is 1.58. The van der Waals surface area contributed by atoms with Gasteiger partial charge in [-0.15, -0.1) is 0 Å². The molecule has 0 saturated carbocycles. The summed E-state index contributed by atoms with van der Waals surface area (Å²) in [5.74, 6) is 0.850. The monoisotopic (exact) mass is 246 g/mol. The molecule has 0 amide bonds. The molecule has 0 atom stereocenters. The van der Waals surface area contributed by atoms with Gasteiger partial charge in [0.15, 0.2) is 0 Å². The molecular formula is C14H15FN2O. The summed E-state index contributed by atoms with van der Waals surface area (Å²) in [6, 6.07) is 8.37. The summed E-state index contributed by atoms with van der Waals surface area (Å²) >= 11 is 0. The first kappa shape index (κ1) is 12.5. The summed E-state index contributed by atoms with van der Waals surface area (Å²) in [5.41, 5.74) is 1.64. The van der Waals surface area contributed by atoms with Crippen LogP contribution in [0.25, 0.3) is 0 Å². The van der Waals surface area contributed by atoms with Crippen LogP contribution >= 0.6 is 0 Å². The minimum absolute atomic E-state index is 0.236. The molecule has 0 radical (unpaired) electrons. The second-order valence-electron chi connectivity index (χ2n) is 4.05. The normalized spacial score (nSPS) is 10.4. The number of aromatic nitrogens is 1. The summed E-state index contributed by atoms with van der Waals surface area (Å²) in [6.07, 6.45) is 1.75. The molecule has 2 aromatic rings. The maximum Gasteiger partial charge on any atom is 0.219 e. The second-order valence-corrected chi connectivity index (χ2v) is 4.05. The fraction of sp³-hybridized carbons (Fsp3) is 0.214. The number of halogens is 1. The number of nitrogens with one attached hydrogen (secondary N) is 1. The van der Waals surface area contributed by atoms with Gasteiger partial charge in [0.2, 0.25) is 5.88 Å². The average Bonchev–Trinajstić information content (AvgIpc) is 2.37. The zero-order valence-corrected chi connectivity index (χ0v) is 10.4. The van der Waals surface area contributed by atoms with Crippen LogP contribution in [0.15, 0.2) is 36.5 Å². The van der Waals surface area contributed by atoms with Gasteiger partial charge in [0.25, 0.3) is 0 Å². The Morgan fingerprint density at radius 3 is 2.72 bits per heavy atom. The van der Waals surface area contributed by atoms with Crippen LogP contribution in [0.4, 0.5) is 4.39 Å². The van der Waals surface area contributed by atoms with Crippen molar-refractivity contribution in [1.82, 2.24) is 10.3 Å². The van der Waals surface area contributed by atoms with Gasteiger partial charge in [-0.25, -0.2) is 9.37 Å². The van der Waals surface area contributed by atoms with E-state index in [-0.39, 0.29) is 5.82 Å². The lowest BCUT2D eigenvalue weighted by Gasteiger charge is -2.06. The molecule has 0 aliphatic rings. The van der Waals surface area contributed by atoms with Crippen molar-refractivity contribution < 1.29 is 9.13 Å². The van der Waals surface area contributed by atoms with Crippen molar-refractivity contribution in [2.75, 3.05) is 7.05 Å². The zero-order valence-electron chi connectivity index (χ0n) is 10.4. The highest BCUT2D eigenvalue weighted by Crippen LogP contribution is 2.21. The number of benzene rings is 1. The Kier molecular flexibility index (Phi) is 3.89. The van der Waals surface area contributed by atoms with E-state index in [1.54, 1.807) is 31.3 Å². The standard InChI is InChI=1S/C14H15FN2O/c1-10-7-12(4-5-13(10)15)18-14-6-3-11(8-16-2)9-17-14/h3-7,9,16H,8H2,1-2H3. The molecule has 0 aliphatic heterocycles. The minimum Gasteiger partial charge on any atom is -0.439 e. The minimum atomic E-state index is -0.236. The summed E-state index contributed by atoms with van der Waals surface area (Å²) in [6.45, 7) is 2.47. The van der Waals surface area contributed by atoms with Crippen LogP contribution in [0.5, 0.6) is 11.6 Å². The van der Waals surface area contributed by atoms with Gasteiger partial charge in [-0.05, 0) is 43.3 Å². The van der Waals surface area contributed by atoms with Gasteiger partial charge in [-0.1, -0.05) is 6.07 Å². The van der Waals surface area contributed by atoms with Gasteiger partial charge in [0.1, 0.15) is 11.6 Å². The van der Waals surface area contributed by atoms with Crippen molar-refractivity contribution in [3.8, 4) is 11.6 Å². The molecule has 3 nitrogen and oxygen atoms in total. The van der Waals surface area contributed by atoms with Crippen molar-refractivity contribution in [3.63, 3.8) is 0 Å². The number of aryl methyl sites for hydroxylation is 1. The molecule has 0 aliphatic carbocycles. The van der Waals surface area contributed by atoms with Crippen molar-refractivity contribution in [3.05, 3.63) is 53.5 Å². The number of rotatable bonds is 4. The van der Waals surface area contributed by atoms with Crippen LogP contribution < -0.4 is 10.1 Å². The van der Waals surface area contributed by atoms with E-state index < -0.39 is 0 Å². The van der Waals surface area contributed by atoms with Gasteiger partial charge in [-0.3, -0.25) is 0 Å². The lowest BCUT2D eigenvalue weighted by atomic mass is 10.2. The molecule has 0 unspecified atom stereocenters. The van der Waals surface area contributed by atoms with Crippen molar-refractivity contribution in [2.24, 2.45) is 0 Å². The van der Waals surface area contributed by atoms with E-state index in [1.165, 1.54) is 6.07 Å². The van der Waals surface area contributed by atoms with E-state index in [4.69, 9.17) is 4.74 Å². The van der Waals surface area contributed by atoms with Crippen LogP contribution in [0, 0.1) is 12.7 Å². The fourth-order valence-corrected chi connectivity index (χ4v) is 1.58. The lowest BCUT2D eigenvalue weighted by Crippen LogP contribution is -2.05. The largest absolute Gasteiger partial charge is 0.439 e. The van der Waals surface area contributed by atoms with Gasteiger partial charge in [0, 0.05) is 18.8 Å². The number of nitrogens with zero attached hydrogens (tertiary/aromatic N) is 1. The predicted octanol–water partition coefficient (Wildman–Crippen LogP) is 3.04. The number of hydrogen-bond acceptors (Lipinski definition) is 3. The highest BCUT2D eigenvalue weighted by Gasteiger charge is 2.02. The van der Waals surface area contributed by atoms with Gasteiger partial charge >= 0.3 is 0 Å². The zero-order chi connectivity index (χ0) is 13.0. The molecule has 94 valence electrons. The quantitative estimate of drug-likeness (QED) is 0.900. The molecule has 0 spiro atoms. The van der Waals surface area contributed by atoms with Crippen molar-refractivity contribution in [1.29, 1.82) is 0 Å². The Morgan fingerprint density at radius 2 is 2.11 bits per heavy atom. The number of hydrogen-bond donors (Lipinski definition) is 1. The number of pyridine rings is 1. The Labute approximate surface area is 106 Å². The molecule has 18 heavy (non-hydrogen) atoms. The Bertz CT molecular complexity index is 526. The van der Waals surface area contributed by atoms with Crippen LogP contribution in [0.2, 0.25) is 0 Å². The summed E-state index contributed by atoms with van der Waals surface area (Å²) in [5, 5.41) is 3.04.